The van der Waals surface area contributed by atoms with E-state index in [0.717, 1.165) is 30.2 Å². The van der Waals surface area contributed by atoms with Crippen LogP contribution in [0.2, 0.25) is 0 Å². The zero-order valence-electron chi connectivity index (χ0n) is 10.3. The molecule has 2 rings (SSSR count). The Morgan fingerprint density at radius 2 is 2.18 bits per heavy atom. The number of pyridine rings is 1. The third kappa shape index (κ3) is 2.84. The summed E-state index contributed by atoms with van der Waals surface area (Å²) in [5.74, 6) is 1.02. The maximum Gasteiger partial charge on any atom is 0.129 e. The second kappa shape index (κ2) is 5.48. The Kier molecular flexibility index (Phi) is 3.75. The topological polar surface area (TPSA) is 42.7 Å². The van der Waals surface area contributed by atoms with Crippen molar-refractivity contribution < 1.29 is 0 Å². The van der Waals surface area contributed by atoms with Crippen LogP contribution in [0.15, 0.2) is 30.6 Å². The lowest BCUT2D eigenvalue weighted by molar-refractivity contribution is 0.812. The number of aryl methyl sites for hydroxylation is 1. The molecule has 4 heteroatoms. The summed E-state index contributed by atoms with van der Waals surface area (Å²) in [6.07, 6.45) is 5.99. The zero-order valence-corrected chi connectivity index (χ0v) is 10.3. The molecule has 0 bridgehead atoms. The van der Waals surface area contributed by atoms with E-state index in [1.807, 2.05) is 36.0 Å². The quantitative estimate of drug-likeness (QED) is 0.803. The smallest absolute Gasteiger partial charge is 0.129 e. The average Bonchev–Trinajstić information content (AvgIpc) is 2.79. The van der Waals surface area contributed by atoms with Gasteiger partial charge >= 0.3 is 0 Å². The van der Waals surface area contributed by atoms with Gasteiger partial charge in [-0.1, -0.05) is 13.3 Å². The van der Waals surface area contributed by atoms with E-state index in [4.69, 9.17) is 0 Å². The Morgan fingerprint density at radius 1 is 1.29 bits per heavy atom. The molecule has 2 aromatic heterocycles. The molecular weight excluding hydrogens is 212 g/mol. The van der Waals surface area contributed by atoms with Gasteiger partial charge < -0.3 is 5.32 Å². The standard InChI is InChI=1S/C13H18N4/c1-3-4-8-14-13-7-9-16-17(13)12-6-5-11(2)15-10-12/h5-7,9-10,14H,3-4,8H2,1-2H3. The number of hydrogen-bond acceptors (Lipinski definition) is 3. The Morgan fingerprint density at radius 3 is 2.88 bits per heavy atom. The van der Waals surface area contributed by atoms with Crippen LogP contribution in [0.25, 0.3) is 5.69 Å². The molecule has 17 heavy (non-hydrogen) atoms. The van der Waals surface area contributed by atoms with E-state index < -0.39 is 0 Å². The van der Waals surface area contributed by atoms with Crippen molar-refractivity contribution >= 4 is 5.82 Å². The van der Waals surface area contributed by atoms with Gasteiger partial charge in [0.15, 0.2) is 0 Å². The van der Waals surface area contributed by atoms with Crippen molar-refractivity contribution in [3.05, 3.63) is 36.3 Å². The highest BCUT2D eigenvalue weighted by molar-refractivity contribution is 5.43. The molecule has 0 saturated heterocycles. The van der Waals surface area contributed by atoms with Crippen LogP contribution < -0.4 is 5.32 Å². The minimum absolute atomic E-state index is 0.974. The number of nitrogens with zero attached hydrogens (tertiary/aromatic N) is 3. The molecule has 0 aliphatic heterocycles. The average molecular weight is 230 g/mol. The van der Waals surface area contributed by atoms with Crippen LogP contribution in [0, 0.1) is 6.92 Å². The number of hydrogen-bond donors (Lipinski definition) is 1. The van der Waals surface area contributed by atoms with Gasteiger partial charge in [0.2, 0.25) is 0 Å². The van der Waals surface area contributed by atoms with E-state index in [9.17, 15) is 0 Å². The monoisotopic (exact) mass is 230 g/mol. The summed E-state index contributed by atoms with van der Waals surface area (Å²) >= 11 is 0. The number of aromatic nitrogens is 3. The molecule has 0 radical (unpaired) electrons. The first-order valence-electron chi connectivity index (χ1n) is 6.02. The lowest BCUT2D eigenvalue weighted by Gasteiger charge is -2.09. The highest BCUT2D eigenvalue weighted by Gasteiger charge is 2.03. The van der Waals surface area contributed by atoms with Crippen LogP contribution in [0.3, 0.4) is 0 Å². The van der Waals surface area contributed by atoms with Crippen LogP contribution in [-0.2, 0) is 0 Å². The largest absolute Gasteiger partial charge is 0.370 e. The number of unbranched alkanes of at least 4 members (excludes halogenated alkanes) is 1. The van der Waals surface area contributed by atoms with Crippen LogP contribution in [-0.4, -0.2) is 21.3 Å². The summed E-state index contributed by atoms with van der Waals surface area (Å²) in [6.45, 7) is 5.14. The molecule has 0 aromatic carbocycles. The van der Waals surface area contributed by atoms with Crippen molar-refractivity contribution in [3.63, 3.8) is 0 Å². The molecule has 4 nitrogen and oxygen atoms in total. The van der Waals surface area contributed by atoms with E-state index in [2.05, 4.69) is 22.3 Å². The predicted molar refractivity (Wildman–Crippen MR) is 69.5 cm³/mol. The molecule has 0 spiro atoms. The minimum Gasteiger partial charge on any atom is -0.370 e. The Balaban J connectivity index is 2.15. The first-order chi connectivity index (χ1) is 8.31. The van der Waals surface area contributed by atoms with Gasteiger partial charge in [0, 0.05) is 18.3 Å². The normalized spacial score (nSPS) is 10.5. The summed E-state index contributed by atoms with van der Waals surface area (Å²) in [4.78, 5) is 4.28. The molecular formula is C13H18N4. The van der Waals surface area contributed by atoms with Crippen LogP contribution >= 0.6 is 0 Å². The van der Waals surface area contributed by atoms with Crippen molar-refractivity contribution in [1.82, 2.24) is 14.8 Å². The molecule has 0 amide bonds. The highest BCUT2D eigenvalue weighted by Crippen LogP contribution is 2.14. The lowest BCUT2D eigenvalue weighted by atomic mass is 10.3. The van der Waals surface area contributed by atoms with Crippen molar-refractivity contribution in [3.8, 4) is 5.69 Å². The summed E-state index contributed by atoms with van der Waals surface area (Å²) in [5, 5.41) is 7.69. The van der Waals surface area contributed by atoms with Gasteiger partial charge in [-0.25, -0.2) is 4.68 Å². The Hall–Kier alpha value is -1.84. The summed E-state index contributed by atoms with van der Waals surface area (Å²) in [6, 6.07) is 6.00. The fourth-order valence-electron chi connectivity index (χ4n) is 1.62. The van der Waals surface area contributed by atoms with Gasteiger partial charge in [0.05, 0.1) is 18.1 Å². The molecule has 0 fully saturated rings. The number of rotatable bonds is 5. The van der Waals surface area contributed by atoms with Gasteiger partial charge in [0.25, 0.3) is 0 Å². The first-order valence-corrected chi connectivity index (χ1v) is 6.02. The number of nitrogens with one attached hydrogen (secondary N) is 1. The van der Waals surface area contributed by atoms with Crippen LogP contribution in [0.1, 0.15) is 25.5 Å². The number of anilines is 1. The molecule has 0 aliphatic rings. The van der Waals surface area contributed by atoms with E-state index in [-0.39, 0.29) is 0 Å². The molecule has 1 N–H and O–H groups in total. The van der Waals surface area contributed by atoms with Crippen molar-refractivity contribution in [2.24, 2.45) is 0 Å². The zero-order chi connectivity index (χ0) is 12.1. The van der Waals surface area contributed by atoms with Crippen molar-refractivity contribution in [2.75, 3.05) is 11.9 Å². The van der Waals surface area contributed by atoms with Crippen LogP contribution in [0.5, 0.6) is 0 Å². The van der Waals surface area contributed by atoms with Gasteiger partial charge in [-0.2, -0.15) is 5.10 Å². The van der Waals surface area contributed by atoms with Gasteiger partial charge in [-0.15, -0.1) is 0 Å². The maximum absolute atomic E-state index is 4.31. The fourth-order valence-corrected chi connectivity index (χ4v) is 1.62. The van der Waals surface area contributed by atoms with Gasteiger partial charge in [-0.3, -0.25) is 4.98 Å². The van der Waals surface area contributed by atoms with E-state index in [0.29, 0.717) is 0 Å². The molecule has 90 valence electrons. The predicted octanol–water partition coefficient (Wildman–Crippen LogP) is 2.79. The van der Waals surface area contributed by atoms with Crippen molar-refractivity contribution in [2.45, 2.75) is 26.7 Å². The van der Waals surface area contributed by atoms with E-state index >= 15 is 0 Å². The highest BCUT2D eigenvalue weighted by atomic mass is 15.3. The summed E-state index contributed by atoms with van der Waals surface area (Å²) in [5.41, 5.74) is 2.00. The fraction of sp³-hybridized carbons (Fsp3) is 0.385. The van der Waals surface area contributed by atoms with E-state index in [1.54, 1.807) is 6.20 Å². The summed E-state index contributed by atoms with van der Waals surface area (Å²) in [7, 11) is 0. The second-order valence-corrected chi connectivity index (χ2v) is 4.07. The molecule has 2 heterocycles. The SMILES string of the molecule is CCCCNc1ccnn1-c1ccc(C)nc1. The third-order valence-electron chi connectivity index (χ3n) is 2.62. The lowest BCUT2D eigenvalue weighted by Crippen LogP contribution is -2.07. The maximum atomic E-state index is 4.31. The van der Waals surface area contributed by atoms with Gasteiger partial charge in [0.1, 0.15) is 5.82 Å². The Bertz CT molecular complexity index is 459. The first kappa shape index (κ1) is 11.6. The van der Waals surface area contributed by atoms with Crippen LogP contribution in [0.4, 0.5) is 5.82 Å². The molecule has 0 unspecified atom stereocenters. The molecule has 2 aromatic rings. The van der Waals surface area contributed by atoms with Crippen molar-refractivity contribution in [1.29, 1.82) is 0 Å². The second-order valence-electron chi connectivity index (χ2n) is 4.07. The summed E-state index contributed by atoms with van der Waals surface area (Å²) < 4.78 is 1.88. The Labute approximate surface area is 102 Å². The van der Waals surface area contributed by atoms with E-state index in [1.165, 1.54) is 6.42 Å². The van der Waals surface area contributed by atoms with Gasteiger partial charge in [-0.05, 0) is 25.5 Å². The molecule has 0 saturated carbocycles. The molecule has 0 atom stereocenters. The molecule has 0 aliphatic carbocycles. The minimum atomic E-state index is 0.974. The third-order valence-corrected chi connectivity index (χ3v) is 2.62.